The van der Waals surface area contributed by atoms with Gasteiger partial charge in [0.2, 0.25) is 0 Å². The van der Waals surface area contributed by atoms with Crippen LogP contribution < -0.4 is 5.32 Å². The number of carbonyl (C=O) groups excluding carboxylic acids is 1. The zero-order valence-corrected chi connectivity index (χ0v) is 10.7. The van der Waals surface area contributed by atoms with Crippen molar-refractivity contribution in [3.8, 4) is 6.07 Å². The summed E-state index contributed by atoms with van der Waals surface area (Å²) < 4.78 is 5.00. The summed E-state index contributed by atoms with van der Waals surface area (Å²) in [7, 11) is 0. The largest absolute Gasteiger partial charge is 0.447 e. The summed E-state index contributed by atoms with van der Waals surface area (Å²) >= 11 is 1.49. The highest BCUT2D eigenvalue weighted by atomic mass is 32.1. The van der Waals surface area contributed by atoms with Gasteiger partial charge in [-0.3, -0.25) is 5.32 Å². The first-order chi connectivity index (χ1) is 8.11. The van der Waals surface area contributed by atoms with E-state index < -0.39 is 6.09 Å². The molecule has 0 fully saturated rings. The molecule has 0 saturated carbocycles. The Balaban J connectivity index is 2.17. The molecule has 2 rings (SSSR count). The smallest absolute Gasteiger partial charge is 0.412 e. The van der Waals surface area contributed by atoms with Crippen molar-refractivity contribution < 1.29 is 9.53 Å². The summed E-state index contributed by atoms with van der Waals surface area (Å²) in [5, 5.41) is 12.4. The van der Waals surface area contributed by atoms with Gasteiger partial charge in [-0.05, 0) is 38.7 Å². The summed E-state index contributed by atoms with van der Waals surface area (Å²) in [6, 6.07) is 2.17. The van der Waals surface area contributed by atoms with Crippen molar-refractivity contribution in [2.24, 2.45) is 0 Å². The van der Waals surface area contributed by atoms with Gasteiger partial charge in [0.1, 0.15) is 11.1 Å². The van der Waals surface area contributed by atoms with Crippen molar-refractivity contribution in [2.75, 3.05) is 5.32 Å². The summed E-state index contributed by atoms with van der Waals surface area (Å²) in [5.74, 6) is 0. The van der Waals surface area contributed by atoms with E-state index in [2.05, 4.69) is 11.4 Å². The Kier molecular flexibility index (Phi) is 3.34. The number of thiophene rings is 1. The molecular weight excluding hydrogens is 236 g/mol. The third-order valence-corrected chi connectivity index (χ3v) is 3.80. The monoisotopic (exact) mass is 250 g/mol. The zero-order chi connectivity index (χ0) is 12.4. The van der Waals surface area contributed by atoms with Gasteiger partial charge in [0.05, 0.1) is 11.7 Å². The number of carbonyl (C=O) groups is 1. The maximum Gasteiger partial charge on any atom is 0.412 e. The lowest BCUT2D eigenvalue weighted by Crippen LogP contribution is -2.17. The Morgan fingerprint density at radius 1 is 1.53 bits per heavy atom. The number of ether oxygens (including phenoxy) is 1. The van der Waals surface area contributed by atoms with Crippen molar-refractivity contribution in [3.63, 3.8) is 0 Å². The Labute approximate surface area is 104 Å². The molecule has 0 radical (unpaired) electrons. The quantitative estimate of drug-likeness (QED) is 0.877. The normalized spacial score (nSPS) is 13.3. The van der Waals surface area contributed by atoms with Crippen molar-refractivity contribution in [3.05, 3.63) is 16.0 Å². The summed E-state index contributed by atoms with van der Waals surface area (Å²) in [5.41, 5.74) is 1.72. The number of rotatable bonds is 2. The molecule has 5 heteroatoms. The topological polar surface area (TPSA) is 62.1 Å². The van der Waals surface area contributed by atoms with E-state index in [1.165, 1.54) is 16.2 Å². The molecule has 1 heterocycles. The first-order valence-electron chi connectivity index (χ1n) is 5.64. The van der Waals surface area contributed by atoms with E-state index in [0.29, 0.717) is 10.6 Å². The highest BCUT2D eigenvalue weighted by Gasteiger charge is 2.23. The molecule has 17 heavy (non-hydrogen) atoms. The minimum Gasteiger partial charge on any atom is -0.447 e. The van der Waals surface area contributed by atoms with Crippen LogP contribution in [0.4, 0.5) is 9.80 Å². The van der Waals surface area contributed by atoms with Gasteiger partial charge in [-0.15, -0.1) is 11.3 Å². The van der Waals surface area contributed by atoms with E-state index in [4.69, 9.17) is 10.00 Å². The third kappa shape index (κ3) is 2.42. The van der Waals surface area contributed by atoms with Crippen LogP contribution in [0.2, 0.25) is 0 Å². The molecule has 1 aliphatic rings. The van der Waals surface area contributed by atoms with E-state index in [0.717, 1.165) is 24.8 Å². The second-order valence-corrected chi connectivity index (χ2v) is 5.36. The predicted molar refractivity (Wildman–Crippen MR) is 66.3 cm³/mol. The Hall–Kier alpha value is -1.54. The van der Waals surface area contributed by atoms with Crippen molar-refractivity contribution in [1.82, 2.24) is 0 Å². The number of hydrogen-bond acceptors (Lipinski definition) is 4. The molecule has 1 aliphatic carbocycles. The highest BCUT2D eigenvalue weighted by Crippen LogP contribution is 2.38. The fraction of sp³-hybridized carbons (Fsp3) is 0.500. The van der Waals surface area contributed by atoms with E-state index in [9.17, 15) is 4.79 Å². The molecule has 0 atom stereocenters. The molecule has 0 bridgehead atoms. The van der Waals surface area contributed by atoms with E-state index in [-0.39, 0.29) is 6.10 Å². The lowest BCUT2D eigenvalue weighted by atomic mass is 10.1. The highest BCUT2D eigenvalue weighted by molar-refractivity contribution is 7.16. The molecule has 1 amide bonds. The average molecular weight is 250 g/mol. The molecule has 90 valence electrons. The van der Waals surface area contributed by atoms with E-state index in [1.807, 2.05) is 0 Å². The van der Waals surface area contributed by atoms with Gasteiger partial charge in [-0.1, -0.05) is 0 Å². The number of amides is 1. The number of hydrogen-bond donors (Lipinski definition) is 1. The number of nitrogens with one attached hydrogen (secondary N) is 1. The minimum atomic E-state index is -0.489. The maximum atomic E-state index is 11.5. The molecule has 1 aromatic heterocycles. The van der Waals surface area contributed by atoms with Crippen LogP contribution in [0.5, 0.6) is 0 Å². The number of nitrogens with zero attached hydrogens (tertiary/aromatic N) is 1. The second kappa shape index (κ2) is 4.76. The summed E-state index contributed by atoms with van der Waals surface area (Å²) in [4.78, 5) is 12.7. The maximum absolute atomic E-state index is 11.5. The zero-order valence-electron chi connectivity index (χ0n) is 9.87. The molecular formula is C12H14N2O2S. The first-order valence-corrected chi connectivity index (χ1v) is 6.45. The van der Waals surface area contributed by atoms with Crippen molar-refractivity contribution >= 4 is 22.4 Å². The number of fused-ring (bicyclic) bond motifs is 1. The Morgan fingerprint density at radius 3 is 2.94 bits per heavy atom. The summed E-state index contributed by atoms with van der Waals surface area (Å²) in [6.07, 6.45) is 2.40. The predicted octanol–water partition coefficient (Wildman–Crippen LogP) is 3.07. The molecule has 0 aliphatic heterocycles. The van der Waals surface area contributed by atoms with Gasteiger partial charge in [0.25, 0.3) is 0 Å². The molecule has 4 nitrogen and oxygen atoms in total. The van der Waals surface area contributed by atoms with E-state index in [1.54, 1.807) is 13.8 Å². The first kappa shape index (κ1) is 11.9. The van der Waals surface area contributed by atoms with Crippen molar-refractivity contribution in [1.29, 1.82) is 5.26 Å². The van der Waals surface area contributed by atoms with Crippen LogP contribution in [0.3, 0.4) is 0 Å². The van der Waals surface area contributed by atoms with Crippen LogP contribution in [0.15, 0.2) is 0 Å². The van der Waals surface area contributed by atoms with Crippen LogP contribution >= 0.6 is 11.3 Å². The Bertz CT molecular complexity index is 485. The number of nitriles is 1. The molecule has 0 spiro atoms. The fourth-order valence-electron chi connectivity index (χ4n) is 1.95. The number of anilines is 1. The Morgan fingerprint density at radius 2 is 2.29 bits per heavy atom. The summed E-state index contributed by atoms with van der Waals surface area (Å²) in [6.45, 7) is 3.58. The lowest BCUT2D eigenvalue weighted by molar-refractivity contribution is 0.130. The average Bonchev–Trinajstić information content (AvgIpc) is 2.75. The standard InChI is InChI=1S/C12H14N2O2S/c1-7(2)16-12(15)14-11-9(6-13)8-4-3-5-10(8)17-11/h7H,3-5H2,1-2H3,(H,14,15). The molecule has 0 aromatic carbocycles. The molecule has 0 saturated heterocycles. The van der Waals surface area contributed by atoms with Gasteiger partial charge in [0, 0.05) is 4.88 Å². The second-order valence-electron chi connectivity index (χ2n) is 4.25. The minimum absolute atomic E-state index is 0.160. The van der Waals surface area contributed by atoms with Gasteiger partial charge in [-0.25, -0.2) is 4.79 Å². The molecule has 1 N–H and O–H groups in total. The molecule has 1 aromatic rings. The van der Waals surface area contributed by atoms with E-state index >= 15 is 0 Å². The van der Waals surface area contributed by atoms with Crippen LogP contribution in [0.25, 0.3) is 0 Å². The third-order valence-electron chi connectivity index (χ3n) is 2.59. The van der Waals surface area contributed by atoms with Crippen LogP contribution in [-0.2, 0) is 17.6 Å². The van der Waals surface area contributed by atoms with Crippen LogP contribution in [-0.4, -0.2) is 12.2 Å². The lowest BCUT2D eigenvalue weighted by Gasteiger charge is -2.08. The van der Waals surface area contributed by atoms with Gasteiger partial charge in [0.15, 0.2) is 0 Å². The van der Waals surface area contributed by atoms with Crippen LogP contribution in [0.1, 0.15) is 36.3 Å². The SMILES string of the molecule is CC(C)OC(=O)Nc1sc2c(c1C#N)CCC2. The number of aryl methyl sites for hydroxylation is 1. The van der Waals surface area contributed by atoms with Gasteiger partial charge in [-0.2, -0.15) is 5.26 Å². The van der Waals surface area contributed by atoms with Crippen LogP contribution in [0, 0.1) is 11.3 Å². The van der Waals surface area contributed by atoms with Gasteiger partial charge >= 0.3 is 6.09 Å². The van der Waals surface area contributed by atoms with Crippen molar-refractivity contribution in [2.45, 2.75) is 39.2 Å². The van der Waals surface area contributed by atoms with Gasteiger partial charge < -0.3 is 4.74 Å². The fourth-order valence-corrected chi connectivity index (χ4v) is 3.17. The molecule has 0 unspecified atom stereocenters.